The van der Waals surface area contributed by atoms with E-state index in [1.165, 1.54) is 0 Å². The van der Waals surface area contributed by atoms with Crippen molar-refractivity contribution in [2.45, 2.75) is 18.9 Å². The minimum absolute atomic E-state index is 0.639. The van der Waals surface area contributed by atoms with Crippen molar-refractivity contribution in [1.82, 2.24) is 10.2 Å². The topological polar surface area (TPSA) is 48.3 Å². The zero-order valence-corrected chi connectivity index (χ0v) is 12.1. The molecule has 1 aliphatic heterocycles. The first-order chi connectivity index (χ1) is 9.80. The fourth-order valence-electron chi connectivity index (χ4n) is 2.70. The second-order valence-corrected chi connectivity index (χ2v) is 5.16. The molecule has 2 rings (SSSR count). The lowest BCUT2D eigenvalue weighted by molar-refractivity contribution is 0.136. The Balaban J connectivity index is 2.20. The van der Waals surface area contributed by atoms with Crippen molar-refractivity contribution >= 4 is 0 Å². The van der Waals surface area contributed by atoms with Crippen LogP contribution in [0.3, 0.4) is 0 Å². The van der Waals surface area contributed by atoms with E-state index in [-0.39, 0.29) is 0 Å². The molecule has 0 amide bonds. The predicted octanol–water partition coefficient (Wildman–Crippen LogP) is 1.74. The molecule has 0 aromatic heterocycles. The highest BCUT2D eigenvalue weighted by atomic mass is 16.5. The molecular formula is C16H23N3O. The maximum absolute atomic E-state index is 9.79. The van der Waals surface area contributed by atoms with Gasteiger partial charge in [-0.25, -0.2) is 0 Å². The molecule has 20 heavy (non-hydrogen) atoms. The molecular weight excluding hydrogens is 250 g/mol. The third-order valence-corrected chi connectivity index (χ3v) is 3.71. The third kappa shape index (κ3) is 3.57. The van der Waals surface area contributed by atoms with E-state index in [1.54, 1.807) is 0 Å². The lowest BCUT2D eigenvalue weighted by Crippen LogP contribution is -2.50. The van der Waals surface area contributed by atoms with Crippen molar-refractivity contribution in [3.05, 3.63) is 35.9 Å². The summed E-state index contributed by atoms with van der Waals surface area (Å²) >= 11 is 0. The van der Waals surface area contributed by atoms with Crippen LogP contribution in [-0.4, -0.2) is 44.3 Å². The van der Waals surface area contributed by atoms with E-state index in [4.69, 9.17) is 4.74 Å². The molecule has 1 atom stereocenters. The Kier molecular flexibility index (Phi) is 5.54. The van der Waals surface area contributed by atoms with Crippen molar-refractivity contribution in [2.24, 2.45) is 0 Å². The highest BCUT2D eigenvalue weighted by Crippen LogP contribution is 2.22. The van der Waals surface area contributed by atoms with Gasteiger partial charge in [-0.3, -0.25) is 10.2 Å². The molecule has 0 saturated carbocycles. The summed E-state index contributed by atoms with van der Waals surface area (Å²) in [5.74, 6) is 0. The molecule has 1 saturated heterocycles. The first-order valence-electron chi connectivity index (χ1n) is 7.32. The van der Waals surface area contributed by atoms with Crippen LogP contribution in [0.1, 0.15) is 18.9 Å². The van der Waals surface area contributed by atoms with Crippen LogP contribution in [0.25, 0.3) is 0 Å². The van der Waals surface area contributed by atoms with Gasteiger partial charge >= 0.3 is 0 Å². The number of nitrogens with one attached hydrogen (secondary N) is 1. The fraction of sp³-hybridized carbons (Fsp3) is 0.562. The quantitative estimate of drug-likeness (QED) is 0.887. The third-order valence-electron chi connectivity index (χ3n) is 3.71. The summed E-state index contributed by atoms with van der Waals surface area (Å²) < 4.78 is 5.49. The summed E-state index contributed by atoms with van der Waals surface area (Å²) in [4.78, 5) is 2.33. The van der Waals surface area contributed by atoms with Crippen LogP contribution < -0.4 is 5.32 Å². The highest BCUT2D eigenvalue weighted by molar-refractivity contribution is 5.32. The lowest BCUT2D eigenvalue weighted by atomic mass is 9.90. The van der Waals surface area contributed by atoms with Gasteiger partial charge in [-0.05, 0) is 18.5 Å². The van der Waals surface area contributed by atoms with Gasteiger partial charge in [0.15, 0.2) is 0 Å². The normalized spacial score (nSPS) is 19.8. The molecule has 0 spiro atoms. The van der Waals surface area contributed by atoms with Crippen molar-refractivity contribution < 1.29 is 4.74 Å². The Bertz CT molecular complexity index is 435. The Labute approximate surface area is 121 Å². The molecule has 1 aliphatic rings. The molecule has 0 radical (unpaired) electrons. The first kappa shape index (κ1) is 15.0. The van der Waals surface area contributed by atoms with Crippen molar-refractivity contribution in [2.75, 3.05) is 39.4 Å². The van der Waals surface area contributed by atoms with Gasteiger partial charge < -0.3 is 4.74 Å². The van der Waals surface area contributed by atoms with E-state index in [9.17, 15) is 5.26 Å². The number of benzene rings is 1. The molecule has 4 nitrogen and oxygen atoms in total. The average molecular weight is 273 g/mol. The molecule has 1 aromatic rings. The molecule has 0 aliphatic carbocycles. The van der Waals surface area contributed by atoms with Crippen molar-refractivity contribution in [3.63, 3.8) is 0 Å². The Morgan fingerprint density at radius 2 is 2.10 bits per heavy atom. The zero-order chi connectivity index (χ0) is 14.3. The maximum atomic E-state index is 9.79. The number of ether oxygens (including phenoxy) is 1. The summed E-state index contributed by atoms with van der Waals surface area (Å²) in [5, 5.41) is 13.2. The molecule has 0 bridgehead atoms. The number of hydrogen-bond donors (Lipinski definition) is 1. The Hall–Kier alpha value is -1.41. The van der Waals surface area contributed by atoms with E-state index < -0.39 is 5.54 Å². The lowest BCUT2D eigenvalue weighted by Gasteiger charge is -2.33. The summed E-state index contributed by atoms with van der Waals surface area (Å²) in [6, 6.07) is 12.5. The van der Waals surface area contributed by atoms with Gasteiger partial charge in [0.1, 0.15) is 5.54 Å². The largest absolute Gasteiger partial charge is 0.380 e. The van der Waals surface area contributed by atoms with E-state index in [1.807, 2.05) is 37.3 Å². The van der Waals surface area contributed by atoms with Gasteiger partial charge in [0.05, 0.1) is 12.7 Å². The number of nitrogens with zero attached hydrogens (tertiary/aromatic N) is 2. The number of rotatable bonds is 5. The number of nitriles is 1. The van der Waals surface area contributed by atoms with E-state index >= 15 is 0 Å². The number of hydrogen-bond acceptors (Lipinski definition) is 4. The van der Waals surface area contributed by atoms with Crippen LogP contribution in [0.2, 0.25) is 0 Å². The SMILES string of the molecule is CCNC(C#N)(CN1CCCOCC1)c1ccccc1. The Morgan fingerprint density at radius 3 is 2.80 bits per heavy atom. The minimum atomic E-state index is -0.639. The van der Waals surface area contributed by atoms with E-state index in [0.29, 0.717) is 6.54 Å². The van der Waals surface area contributed by atoms with Crippen LogP contribution in [0.5, 0.6) is 0 Å². The second kappa shape index (κ2) is 7.39. The van der Waals surface area contributed by atoms with E-state index in [0.717, 1.165) is 44.8 Å². The fourth-order valence-corrected chi connectivity index (χ4v) is 2.70. The predicted molar refractivity (Wildman–Crippen MR) is 79.3 cm³/mol. The van der Waals surface area contributed by atoms with Crippen LogP contribution in [0, 0.1) is 11.3 Å². The van der Waals surface area contributed by atoms with Crippen LogP contribution >= 0.6 is 0 Å². The molecule has 1 fully saturated rings. The summed E-state index contributed by atoms with van der Waals surface area (Å²) in [7, 11) is 0. The first-order valence-corrected chi connectivity index (χ1v) is 7.32. The maximum Gasteiger partial charge on any atom is 0.145 e. The summed E-state index contributed by atoms with van der Waals surface area (Å²) in [5.41, 5.74) is 0.398. The minimum Gasteiger partial charge on any atom is -0.380 e. The monoisotopic (exact) mass is 273 g/mol. The smallest absolute Gasteiger partial charge is 0.145 e. The molecule has 108 valence electrons. The van der Waals surface area contributed by atoms with Gasteiger partial charge in [0, 0.05) is 26.2 Å². The van der Waals surface area contributed by atoms with Crippen molar-refractivity contribution in [1.29, 1.82) is 5.26 Å². The van der Waals surface area contributed by atoms with Gasteiger partial charge in [-0.2, -0.15) is 5.26 Å². The average Bonchev–Trinajstić information content (AvgIpc) is 2.76. The van der Waals surface area contributed by atoms with Gasteiger partial charge in [-0.15, -0.1) is 0 Å². The van der Waals surface area contributed by atoms with Gasteiger partial charge in [0.2, 0.25) is 0 Å². The summed E-state index contributed by atoms with van der Waals surface area (Å²) in [6.45, 7) is 6.96. The molecule has 1 N–H and O–H groups in total. The van der Waals surface area contributed by atoms with Crippen LogP contribution in [0.15, 0.2) is 30.3 Å². The zero-order valence-electron chi connectivity index (χ0n) is 12.1. The molecule has 4 heteroatoms. The molecule has 1 unspecified atom stereocenters. The number of likely N-dealkylation sites (N-methyl/N-ethyl adjacent to an activating group) is 1. The van der Waals surface area contributed by atoms with Crippen molar-refractivity contribution in [3.8, 4) is 6.07 Å². The molecule has 1 aromatic carbocycles. The Morgan fingerprint density at radius 1 is 1.30 bits per heavy atom. The molecule has 1 heterocycles. The van der Waals surface area contributed by atoms with Crippen LogP contribution in [0.4, 0.5) is 0 Å². The highest BCUT2D eigenvalue weighted by Gasteiger charge is 2.33. The standard InChI is InChI=1S/C16H23N3O/c1-2-18-16(13-17,15-7-4-3-5-8-15)14-19-9-6-11-20-12-10-19/h3-5,7-8,18H,2,6,9-12,14H2,1H3. The van der Waals surface area contributed by atoms with E-state index in [2.05, 4.69) is 16.3 Å². The second-order valence-electron chi connectivity index (χ2n) is 5.16. The van der Waals surface area contributed by atoms with Gasteiger partial charge in [-0.1, -0.05) is 37.3 Å². The van der Waals surface area contributed by atoms with Gasteiger partial charge in [0.25, 0.3) is 0 Å². The summed E-state index contributed by atoms with van der Waals surface area (Å²) in [6.07, 6.45) is 1.03. The van der Waals surface area contributed by atoms with Crippen LogP contribution in [-0.2, 0) is 10.3 Å².